The first-order valence-corrected chi connectivity index (χ1v) is 9.69. The summed E-state index contributed by atoms with van der Waals surface area (Å²) in [6.45, 7) is 0. The van der Waals surface area contributed by atoms with Crippen molar-refractivity contribution in [3.8, 4) is 22.8 Å². The first kappa shape index (κ1) is 16.0. The number of nitrogens with zero attached hydrogens (tertiary/aromatic N) is 3. The molecule has 3 heterocycles. The van der Waals surface area contributed by atoms with Gasteiger partial charge in [-0.25, -0.2) is 4.98 Å². The van der Waals surface area contributed by atoms with Crippen molar-refractivity contribution >= 4 is 27.2 Å². The predicted octanol–water partition coefficient (Wildman–Crippen LogP) is 6.37. The van der Waals surface area contributed by atoms with Gasteiger partial charge in [-0.15, -0.1) is 0 Å². The Balaban J connectivity index is 1.72. The first-order valence-electron chi connectivity index (χ1n) is 9.69. The van der Waals surface area contributed by atoms with Gasteiger partial charge in [-0.1, -0.05) is 78.9 Å². The molecule has 0 unspecified atom stereocenters. The van der Waals surface area contributed by atoms with Gasteiger partial charge in [0.25, 0.3) is 0 Å². The smallest absolute Gasteiger partial charge is 0.145 e. The summed E-state index contributed by atoms with van der Waals surface area (Å²) in [6.07, 6.45) is 1.93. The van der Waals surface area contributed by atoms with Crippen molar-refractivity contribution in [2.75, 3.05) is 0 Å². The maximum Gasteiger partial charge on any atom is 0.145 e. The van der Waals surface area contributed by atoms with Crippen LogP contribution in [0.2, 0.25) is 0 Å². The number of benzene rings is 3. The van der Waals surface area contributed by atoms with Gasteiger partial charge < -0.3 is 0 Å². The monoisotopic (exact) mass is 371 g/mol. The van der Waals surface area contributed by atoms with E-state index in [0.717, 1.165) is 39.2 Å². The normalized spacial score (nSPS) is 11.4. The van der Waals surface area contributed by atoms with Crippen LogP contribution in [0.25, 0.3) is 50.0 Å². The number of para-hydroxylation sites is 1. The fourth-order valence-electron chi connectivity index (χ4n) is 4.01. The summed E-state index contributed by atoms with van der Waals surface area (Å²) in [4.78, 5) is 9.83. The molecular weight excluding hydrogens is 354 g/mol. The van der Waals surface area contributed by atoms with E-state index in [1.807, 2.05) is 18.3 Å². The summed E-state index contributed by atoms with van der Waals surface area (Å²) < 4.78 is 2.25. The highest BCUT2D eigenvalue weighted by molar-refractivity contribution is 5.92. The van der Waals surface area contributed by atoms with Gasteiger partial charge in [0.2, 0.25) is 0 Å². The molecule has 0 spiro atoms. The number of aromatic nitrogens is 3. The summed E-state index contributed by atoms with van der Waals surface area (Å²) >= 11 is 0. The van der Waals surface area contributed by atoms with Crippen LogP contribution in [0, 0.1) is 0 Å². The molecule has 136 valence electrons. The molecule has 29 heavy (non-hydrogen) atoms. The van der Waals surface area contributed by atoms with E-state index in [1.54, 1.807) is 0 Å². The van der Waals surface area contributed by atoms with Crippen LogP contribution in [0.1, 0.15) is 0 Å². The minimum atomic E-state index is 0.888. The molecule has 0 N–H and O–H groups in total. The highest BCUT2D eigenvalue weighted by Gasteiger charge is 2.17. The first-order chi connectivity index (χ1) is 14.4. The Morgan fingerprint density at radius 2 is 1.31 bits per heavy atom. The molecule has 3 nitrogen and oxygen atoms in total. The Hall–Kier alpha value is -3.98. The van der Waals surface area contributed by atoms with Gasteiger partial charge in [-0.2, -0.15) is 0 Å². The SMILES string of the molecule is c1ccc(-c2nc(-c3cc4ccccc4cn3)c3ccc4ccccc4n23)cc1. The predicted molar refractivity (Wildman–Crippen MR) is 119 cm³/mol. The van der Waals surface area contributed by atoms with Crippen LogP contribution < -0.4 is 0 Å². The number of fused-ring (bicyclic) bond motifs is 4. The van der Waals surface area contributed by atoms with Crippen molar-refractivity contribution in [2.45, 2.75) is 0 Å². The maximum absolute atomic E-state index is 5.09. The van der Waals surface area contributed by atoms with Gasteiger partial charge in [-0.3, -0.25) is 9.38 Å². The van der Waals surface area contributed by atoms with E-state index in [4.69, 9.17) is 9.97 Å². The van der Waals surface area contributed by atoms with E-state index < -0.39 is 0 Å². The minimum absolute atomic E-state index is 0.888. The zero-order valence-electron chi connectivity index (χ0n) is 15.7. The van der Waals surface area contributed by atoms with Crippen molar-refractivity contribution in [3.63, 3.8) is 0 Å². The largest absolute Gasteiger partial charge is 0.292 e. The van der Waals surface area contributed by atoms with Gasteiger partial charge in [0.05, 0.1) is 16.7 Å². The van der Waals surface area contributed by atoms with E-state index in [2.05, 4.69) is 89.3 Å². The maximum atomic E-state index is 5.09. The third kappa shape index (κ3) is 2.52. The third-order valence-corrected chi connectivity index (χ3v) is 5.42. The lowest BCUT2D eigenvalue weighted by Gasteiger charge is -2.06. The fraction of sp³-hybridized carbons (Fsp3) is 0. The van der Waals surface area contributed by atoms with Crippen LogP contribution in [0.5, 0.6) is 0 Å². The molecular formula is C26H17N3. The summed E-state index contributed by atoms with van der Waals surface area (Å²) in [5.74, 6) is 0.933. The van der Waals surface area contributed by atoms with Gasteiger partial charge in [-0.05, 0) is 29.0 Å². The molecule has 0 aliphatic heterocycles. The Morgan fingerprint density at radius 3 is 2.17 bits per heavy atom. The molecule has 0 bridgehead atoms. The van der Waals surface area contributed by atoms with Crippen LogP contribution in [-0.2, 0) is 0 Å². The Kier molecular flexibility index (Phi) is 3.47. The Morgan fingerprint density at radius 1 is 0.586 bits per heavy atom. The second kappa shape index (κ2) is 6.28. The molecule has 0 fully saturated rings. The van der Waals surface area contributed by atoms with E-state index in [9.17, 15) is 0 Å². The lowest BCUT2D eigenvalue weighted by atomic mass is 10.1. The quantitative estimate of drug-likeness (QED) is 0.354. The van der Waals surface area contributed by atoms with Crippen LogP contribution in [0.3, 0.4) is 0 Å². The van der Waals surface area contributed by atoms with Gasteiger partial charge >= 0.3 is 0 Å². The lowest BCUT2D eigenvalue weighted by Crippen LogP contribution is -1.91. The molecule has 3 aromatic carbocycles. The van der Waals surface area contributed by atoms with Crippen LogP contribution in [-0.4, -0.2) is 14.4 Å². The summed E-state index contributed by atoms with van der Waals surface area (Å²) in [7, 11) is 0. The Labute approximate surface area is 167 Å². The number of hydrogen-bond acceptors (Lipinski definition) is 2. The number of rotatable bonds is 2. The van der Waals surface area contributed by atoms with Crippen LogP contribution >= 0.6 is 0 Å². The molecule has 0 saturated carbocycles. The van der Waals surface area contributed by atoms with Crippen LogP contribution in [0.15, 0.2) is 103 Å². The molecule has 6 rings (SSSR count). The second-order valence-corrected chi connectivity index (χ2v) is 7.18. The van der Waals surface area contributed by atoms with E-state index in [-0.39, 0.29) is 0 Å². The minimum Gasteiger partial charge on any atom is -0.292 e. The number of pyridine rings is 2. The standard InChI is InChI=1S/C26H17N3/c1-2-9-19(10-3-1)26-28-25(22-16-20-11-4-5-12-21(20)17-27-22)24-15-14-18-8-6-7-13-23(18)29(24)26/h1-17H. The summed E-state index contributed by atoms with van der Waals surface area (Å²) in [5, 5.41) is 3.49. The number of imidazole rings is 1. The molecule has 0 amide bonds. The molecule has 0 aliphatic rings. The zero-order valence-corrected chi connectivity index (χ0v) is 15.7. The lowest BCUT2D eigenvalue weighted by molar-refractivity contribution is 1.21. The van der Waals surface area contributed by atoms with Crippen molar-refractivity contribution in [3.05, 3.63) is 103 Å². The van der Waals surface area contributed by atoms with Gasteiger partial charge in [0.1, 0.15) is 11.5 Å². The summed E-state index contributed by atoms with van der Waals surface area (Å²) in [5.41, 5.74) is 5.08. The van der Waals surface area contributed by atoms with Gasteiger partial charge in [0.15, 0.2) is 0 Å². The van der Waals surface area contributed by atoms with Crippen molar-refractivity contribution in [1.82, 2.24) is 14.4 Å². The average Bonchev–Trinajstić information content (AvgIpc) is 3.20. The third-order valence-electron chi connectivity index (χ3n) is 5.42. The molecule has 0 radical (unpaired) electrons. The number of hydrogen-bond donors (Lipinski definition) is 0. The van der Waals surface area contributed by atoms with E-state index >= 15 is 0 Å². The van der Waals surface area contributed by atoms with E-state index in [1.165, 1.54) is 10.8 Å². The molecule has 6 aromatic rings. The molecule has 0 aliphatic carbocycles. The van der Waals surface area contributed by atoms with Crippen molar-refractivity contribution < 1.29 is 0 Å². The van der Waals surface area contributed by atoms with Crippen LogP contribution in [0.4, 0.5) is 0 Å². The molecule has 0 atom stereocenters. The summed E-state index contributed by atoms with van der Waals surface area (Å²) in [6, 6.07) is 33.5. The van der Waals surface area contributed by atoms with Crippen molar-refractivity contribution in [1.29, 1.82) is 0 Å². The topological polar surface area (TPSA) is 30.2 Å². The Bertz CT molecular complexity index is 1500. The molecule has 3 aromatic heterocycles. The molecule has 3 heteroatoms. The molecule has 0 saturated heterocycles. The second-order valence-electron chi connectivity index (χ2n) is 7.18. The zero-order chi connectivity index (χ0) is 19.2. The van der Waals surface area contributed by atoms with Crippen molar-refractivity contribution in [2.24, 2.45) is 0 Å². The fourth-order valence-corrected chi connectivity index (χ4v) is 4.01. The van der Waals surface area contributed by atoms with Gasteiger partial charge in [0, 0.05) is 17.1 Å². The van der Waals surface area contributed by atoms with E-state index in [0.29, 0.717) is 0 Å². The highest BCUT2D eigenvalue weighted by Crippen LogP contribution is 2.33. The average molecular weight is 371 g/mol. The highest BCUT2D eigenvalue weighted by atomic mass is 15.0.